The van der Waals surface area contributed by atoms with Crippen LogP contribution < -0.4 is 4.83 Å². The van der Waals surface area contributed by atoms with Gasteiger partial charge in [0.15, 0.2) is 0 Å². The maximum absolute atomic E-state index is 12.4. The van der Waals surface area contributed by atoms with Gasteiger partial charge in [0.1, 0.15) is 0 Å². The number of nitrogens with one attached hydrogen (secondary N) is 1. The number of hydrazone groups is 1. The number of rotatable bonds is 3. The van der Waals surface area contributed by atoms with E-state index in [4.69, 9.17) is 0 Å². The molecule has 0 unspecified atom stereocenters. The van der Waals surface area contributed by atoms with Gasteiger partial charge in [-0.15, -0.1) is 0 Å². The lowest BCUT2D eigenvalue weighted by molar-refractivity contribution is 0.583. The van der Waals surface area contributed by atoms with Crippen molar-refractivity contribution >= 4 is 15.7 Å². The van der Waals surface area contributed by atoms with E-state index < -0.39 is 10.0 Å². The van der Waals surface area contributed by atoms with Gasteiger partial charge in [0.05, 0.1) is 4.90 Å². The van der Waals surface area contributed by atoms with Crippen LogP contribution in [0.3, 0.4) is 0 Å². The second kappa shape index (κ2) is 5.57. The second-order valence-electron chi connectivity index (χ2n) is 5.66. The standard InChI is InChI=1S/C17H18N2O2S/c1-12-7-8-13(2)17(9-12)22(20,21)19-18-16-10-14-5-3-4-6-15(14)11-16/h3-9,19H,10-11H2,1-2H3. The number of hydrogen-bond donors (Lipinski definition) is 1. The molecule has 3 rings (SSSR count). The molecule has 0 aliphatic heterocycles. The molecule has 0 amide bonds. The van der Waals surface area contributed by atoms with Crippen LogP contribution in [0.1, 0.15) is 22.3 Å². The zero-order chi connectivity index (χ0) is 15.7. The maximum atomic E-state index is 12.4. The van der Waals surface area contributed by atoms with Gasteiger partial charge >= 0.3 is 0 Å². The Morgan fingerprint density at radius 1 is 1.00 bits per heavy atom. The minimum atomic E-state index is -3.63. The van der Waals surface area contributed by atoms with Crippen LogP contribution >= 0.6 is 0 Å². The smallest absolute Gasteiger partial charge is 0.200 e. The zero-order valence-corrected chi connectivity index (χ0v) is 13.4. The van der Waals surface area contributed by atoms with Crippen LogP contribution in [-0.4, -0.2) is 14.1 Å². The molecule has 0 saturated carbocycles. The van der Waals surface area contributed by atoms with E-state index in [1.54, 1.807) is 13.0 Å². The van der Waals surface area contributed by atoms with Crippen molar-refractivity contribution in [1.29, 1.82) is 0 Å². The summed E-state index contributed by atoms with van der Waals surface area (Å²) in [5.41, 5.74) is 4.90. The van der Waals surface area contributed by atoms with E-state index in [9.17, 15) is 8.42 Å². The second-order valence-corrected chi connectivity index (χ2v) is 7.29. The Labute approximate surface area is 130 Å². The topological polar surface area (TPSA) is 58.5 Å². The highest BCUT2D eigenvalue weighted by molar-refractivity contribution is 7.89. The quantitative estimate of drug-likeness (QED) is 0.886. The van der Waals surface area contributed by atoms with Crippen LogP contribution in [0.15, 0.2) is 52.5 Å². The summed E-state index contributed by atoms with van der Waals surface area (Å²) >= 11 is 0. The largest absolute Gasteiger partial charge is 0.276 e. The lowest BCUT2D eigenvalue weighted by atomic mass is 10.1. The van der Waals surface area contributed by atoms with E-state index in [1.165, 1.54) is 11.1 Å². The third-order valence-electron chi connectivity index (χ3n) is 3.86. The molecular weight excluding hydrogens is 296 g/mol. The molecule has 114 valence electrons. The average molecular weight is 314 g/mol. The summed E-state index contributed by atoms with van der Waals surface area (Å²) in [6, 6.07) is 13.5. The summed E-state index contributed by atoms with van der Waals surface area (Å²) in [6.45, 7) is 3.66. The molecule has 1 aliphatic rings. The first-order valence-electron chi connectivity index (χ1n) is 7.17. The van der Waals surface area contributed by atoms with E-state index in [0.29, 0.717) is 18.4 Å². The van der Waals surface area contributed by atoms with Crippen molar-refractivity contribution in [3.8, 4) is 0 Å². The average Bonchev–Trinajstić information content (AvgIpc) is 2.90. The highest BCUT2D eigenvalue weighted by Gasteiger charge is 2.19. The third kappa shape index (κ3) is 2.90. The van der Waals surface area contributed by atoms with Gasteiger partial charge < -0.3 is 0 Å². The molecule has 0 saturated heterocycles. The number of fused-ring (bicyclic) bond motifs is 1. The van der Waals surface area contributed by atoms with Gasteiger partial charge in [-0.1, -0.05) is 36.4 Å². The van der Waals surface area contributed by atoms with Crippen LogP contribution in [0.25, 0.3) is 0 Å². The van der Waals surface area contributed by atoms with E-state index in [2.05, 4.69) is 22.1 Å². The molecule has 22 heavy (non-hydrogen) atoms. The van der Waals surface area contributed by atoms with Gasteiger partial charge in [0.25, 0.3) is 10.0 Å². The lowest BCUT2D eigenvalue weighted by Gasteiger charge is -2.08. The number of benzene rings is 2. The predicted molar refractivity (Wildman–Crippen MR) is 87.5 cm³/mol. The van der Waals surface area contributed by atoms with Gasteiger partial charge in [0, 0.05) is 18.6 Å². The highest BCUT2D eigenvalue weighted by Crippen LogP contribution is 2.20. The highest BCUT2D eigenvalue weighted by atomic mass is 32.2. The third-order valence-corrected chi connectivity index (χ3v) is 5.22. The molecule has 0 aromatic heterocycles. The number of nitrogens with zero attached hydrogens (tertiary/aromatic N) is 1. The summed E-state index contributed by atoms with van der Waals surface area (Å²) in [5, 5.41) is 4.14. The first kappa shape index (κ1) is 14.8. The minimum absolute atomic E-state index is 0.285. The molecular formula is C17H18N2O2S. The number of hydrogen-bond acceptors (Lipinski definition) is 3. The minimum Gasteiger partial charge on any atom is -0.200 e. The Hall–Kier alpha value is -2.14. The Balaban J connectivity index is 1.82. The maximum Gasteiger partial charge on any atom is 0.276 e. The Morgan fingerprint density at radius 2 is 1.64 bits per heavy atom. The van der Waals surface area contributed by atoms with Crippen LogP contribution in [0.5, 0.6) is 0 Å². The Morgan fingerprint density at radius 3 is 2.27 bits per heavy atom. The molecule has 0 spiro atoms. The first-order valence-corrected chi connectivity index (χ1v) is 8.65. The van der Waals surface area contributed by atoms with Gasteiger partial charge in [-0.05, 0) is 42.2 Å². The molecule has 0 fully saturated rings. The normalized spacial score (nSPS) is 13.8. The molecule has 0 heterocycles. The molecule has 0 bridgehead atoms. The first-order chi connectivity index (χ1) is 10.5. The van der Waals surface area contributed by atoms with Gasteiger partial charge in [-0.3, -0.25) is 0 Å². The van der Waals surface area contributed by atoms with Crippen molar-refractivity contribution in [2.75, 3.05) is 0 Å². The fraction of sp³-hybridized carbons (Fsp3) is 0.235. The van der Waals surface area contributed by atoms with Crippen LogP contribution in [0.4, 0.5) is 0 Å². The van der Waals surface area contributed by atoms with Gasteiger partial charge in [-0.2, -0.15) is 13.5 Å². The molecule has 4 nitrogen and oxygen atoms in total. The Bertz CT molecular complexity index is 828. The summed E-state index contributed by atoms with van der Waals surface area (Å²) in [7, 11) is -3.63. The zero-order valence-electron chi connectivity index (χ0n) is 12.6. The predicted octanol–water partition coefficient (Wildman–Crippen LogP) is 2.74. The molecule has 2 aromatic rings. The summed E-state index contributed by atoms with van der Waals surface area (Å²) in [4.78, 5) is 2.66. The number of aryl methyl sites for hydroxylation is 2. The van der Waals surface area contributed by atoms with Crippen molar-refractivity contribution in [1.82, 2.24) is 4.83 Å². The summed E-state index contributed by atoms with van der Waals surface area (Å²) in [6.07, 6.45) is 1.40. The fourth-order valence-electron chi connectivity index (χ4n) is 2.65. The number of sulfonamides is 1. The molecule has 0 radical (unpaired) electrons. The van der Waals surface area contributed by atoms with Crippen molar-refractivity contribution in [3.63, 3.8) is 0 Å². The molecule has 0 atom stereocenters. The van der Waals surface area contributed by atoms with Crippen molar-refractivity contribution in [2.24, 2.45) is 5.10 Å². The van der Waals surface area contributed by atoms with Crippen molar-refractivity contribution in [3.05, 3.63) is 64.7 Å². The van der Waals surface area contributed by atoms with E-state index in [0.717, 1.165) is 11.3 Å². The van der Waals surface area contributed by atoms with Crippen molar-refractivity contribution in [2.45, 2.75) is 31.6 Å². The monoisotopic (exact) mass is 314 g/mol. The summed E-state index contributed by atoms with van der Waals surface area (Å²) < 4.78 is 24.8. The van der Waals surface area contributed by atoms with Crippen LogP contribution in [-0.2, 0) is 22.9 Å². The molecule has 5 heteroatoms. The molecule has 1 aliphatic carbocycles. The molecule has 1 N–H and O–H groups in total. The van der Waals surface area contributed by atoms with Crippen molar-refractivity contribution < 1.29 is 8.42 Å². The van der Waals surface area contributed by atoms with Gasteiger partial charge in [0.2, 0.25) is 0 Å². The SMILES string of the molecule is Cc1ccc(C)c(S(=O)(=O)NN=C2Cc3ccccc3C2)c1. The van der Waals surface area contributed by atoms with E-state index in [1.807, 2.05) is 31.2 Å². The van der Waals surface area contributed by atoms with E-state index >= 15 is 0 Å². The summed E-state index contributed by atoms with van der Waals surface area (Å²) in [5.74, 6) is 0. The van der Waals surface area contributed by atoms with Crippen LogP contribution in [0, 0.1) is 13.8 Å². The van der Waals surface area contributed by atoms with E-state index in [-0.39, 0.29) is 4.90 Å². The Kier molecular flexibility index (Phi) is 3.74. The van der Waals surface area contributed by atoms with Gasteiger partial charge in [-0.25, -0.2) is 4.83 Å². The van der Waals surface area contributed by atoms with Crippen LogP contribution in [0.2, 0.25) is 0 Å². The lowest BCUT2D eigenvalue weighted by Crippen LogP contribution is -2.21. The molecule has 2 aromatic carbocycles. The fourth-order valence-corrected chi connectivity index (χ4v) is 3.83.